The monoisotopic (exact) mass is 328 g/mol. The first-order chi connectivity index (χ1) is 9.84. The van der Waals surface area contributed by atoms with Gasteiger partial charge < -0.3 is 5.32 Å². The molecule has 0 radical (unpaired) electrons. The predicted octanol–water partition coefficient (Wildman–Crippen LogP) is 2.92. The van der Waals surface area contributed by atoms with E-state index in [2.05, 4.69) is 18.5 Å². The van der Waals surface area contributed by atoms with Crippen LogP contribution in [0.25, 0.3) is 0 Å². The number of sulfonamides is 1. The van der Waals surface area contributed by atoms with Gasteiger partial charge in [0.05, 0.1) is 0 Å². The number of rotatable bonds is 9. The molecule has 1 rings (SSSR count). The Labute approximate surface area is 132 Å². The van der Waals surface area contributed by atoms with Crippen LogP contribution in [-0.2, 0) is 16.6 Å². The summed E-state index contributed by atoms with van der Waals surface area (Å²) in [7, 11) is -3.53. The van der Waals surface area contributed by atoms with Crippen molar-refractivity contribution in [3.8, 4) is 0 Å². The van der Waals surface area contributed by atoms with Crippen LogP contribution < -0.4 is 5.32 Å². The minimum absolute atomic E-state index is 0.278. The molecular weight excluding hydrogens is 304 g/mol. The molecule has 6 heteroatoms. The third kappa shape index (κ3) is 4.51. The fourth-order valence-corrected chi connectivity index (χ4v) is 5.03. The van der Waals surface area contributed by atoms with Gasteiger partial charge in [-0.1, -0.05) is 26.0 Å². The minimum atomic E-state index is -3.53. The first-order valence-corrected chi connectivity index (χ1v) is 9.18. The summed E-state index contributed by atoms with van der Waals surface area (Å²) in [5.74, 6) is 0. The maximum absolute atomic E-state index is 12.9. The highest BCUT2D eigenvalue weighted by molar-refractivity contribution is 7.89. The number of hydrogen-bond donors (Lipinski definition) is 1. The lowest BCUT2D eigenvalue weighted by atomic mass is 10.3. The van der Waals surface area contributed by atoms with Crippen molar-refractivity contribution in [2.24, 2.45) is 0 Å². The van der Waals surface area contributed by atoms with Crippen LogP contribution in [0.5, 0.6) is 0 Å². The molecule has 0 aliphatic heterocycles. The lowest BCUT2D eigenvalue weighted by Crippen LogP contribution is -2.32. The van der Waals surface area contributed by atoms with Crippen LogP contribution in [0.3, 0.4) is 0 Å². The van der Waals surface area contributed by atoms with Gasteiger partial charge >= 0.3 is 0 Å². The summed E-state index contributed by atoms with van der Waals surface area (Å²) in [5.41, 5.74) is 0.790. The van der Waals surface area contributed by atoms with Gasteiger partial charge in [0.1, 0.15) is 4.90 Å². The van der Waals surface area contributed by atoms with E-state index < -0.39 is 10.0 Å². The Bertz CT molecular complexity index is 579. The van der Waals surface area contributed by atoms with Crippen molar-refractivity contribution < 1.29 is 8.42 Å². The van der Waals surface area contributed by atoms with Crippen LogP contribution >= 0.6 is 11.3 Å². The molecule has 0 fully saturated rings. The summed E-state index contributed by atoms with van der Waals surface area (Å²) in [6, 6.07) is 0.306. The highest BCUT2D eigenvalue weighted by Gasteiger charge is 2.28. The fraction of sp³-hybridized carbons (Fsp3) is 0.467. The second-order valence-corrected chi connectivity index (χ2v) is 7.94. The minimum Gasteiger partial charge on any atom is -0.310 e. The summed E-state index contributed by atoms with van der Waals surface area (Å²) in [6.07, 6.45) is 3.18. The molecule has 118 valence electrons. The zero-order valence-electron chi connectivity index (χ0n) is 12.9. The molecule has 4 nitrogen and oxygen atoms in total. The molecule has 0 aliphatic carbocycles. The van der Waals surface area contributed by atoms with Gasteiger partial charge in [0, 0.05) is 30.6 Å². The van der Waals surface area contributed by atoms with Crippen molar-refractivity contribution in [1.82, 2.24) is 9.62 Å². The smallest absolute Gasteiger partial charge is 0.245 e. The van der Waals surface area contributed by atoms with Crippen molar-refractivity contribution in [3.63, 3.8) is 0 Å². The molecule has 0 unspecified atom stereocenters. The Kier molecular flexibility index (Phi) is 6.80. The third-order valence-corrected chi connectivity index (χ3v) is 6.22. The van der Waals surface area contributed by atoms with E-state index in [1.807, 2.05) is 26.2 Å². The van der Waals surface area contributed by atoms with Crippen LogP contribution in [-0.4, -0.2) is 31.9 Å². The third-order valence-electron chi connectivity index (χ3n) is 2.92. The van der Waals surface area contributed by atoms with Gasteiger partial charge in [-0.3, -0.25) is 0 Å². The second kappa shape index (κ2) is 7.89. The summed E-state index contributed by atoms with van der Waals surface area (Å²) in [4.78, 5) is 1.27. The standard InChI is InChI=1S/C15H24N2O2S2/c1-6-8-17(9-7-2)21(18,19)15-13(5)11-20-14(15)10-16-12(3)4/h6-7,11-12,16H,1-2,8-10H2,3-5H3. The topological polar surface area (TPSA) is 49.4 Å². The van der Waals surface area contributed by atoms with Crippen molar-refractivity contribution in [1.29, 1.82) is 0 Å². The summed E-state index contributed by atoms with van der Waals surface area (Å²) < 4.78 is 27.1. The number of nitrogens with zero attached hydrogens (tertiary/aromatic N) is 1. The lowest BCUT2D eigenvalue weighted by Gasteiger charge is -2.20. The van der Waals surface area contributed by atoms with E-state index in [9.17, 15) is 8.42 Å². The van der Waals surface area contributed by atoms with Crippen molar-refractivity contribution in [2.45, 2.75) is 38.3 Å². The molecule has 0 amide bonds. The van der Waals surface area contributed by atoms with E-state index in [0.29, 0.717) is 17.5 Å². The van der Waals surface area contributed by atoms with Gasteiger partial charge in [0.2, 0.25) is 10.0 Å². The van der Waals surface area contributed by atoms with E-state index in [1.54, 1.807) is 12.2 Å². The van der Waals surface area contributed by atoms with Crippen LogP contribution in [0, 0.1) is 6.92 Å². The number of hydrogen-bond acceptors (Lipinski definition) is 4. The van der Waals surface area contributed by atoms with Gasteiger partial charge in [-0.25, -0.2) is 8.42 Å². The quantitative estimate of drug-likeness (QED) is 0.709. The molecule has 0 saturated heterocycles. The van der Waals surface area contributed by atoms with E-state index in [1.165, 1.54) is 15.6 Å². The molecule has 1 aromatic rings. The Balaban J connectivity index is 3.19. The molecule has 1 N–H and O–H groups in total. The lowest BCUT2D eigenvalue weighted by molar-refractivity contribution is 0.472. The van der Waals surface area contributed by atoms with E-state index >= 15 is 0 Å². The van der Waals surface area contributed by atoms with Gasteiger partial charge in [0.25, 0.3) is 0 Å². The zero-order valence-corrected chi connectivity index (χ0v) is 14.6. The molecular formula is C15H24N2O2S2. The highest BCUT2D eigenvalue weighted by atomic mass is 32.2. The molecule has 0 saturated carbocycles. The van der Waals surface area contributed by atoms with E-state index in [0.717, 1.165) is 10.4 Å². The number of thiophene rings is 1. The van der Waals surface area contributed by atoms with Crippen LogP contribution in [0.2, 0.25) is 0 Å². The van der Waals surface area contributed by atoms with Crippen molar-refractivity contribution in [2.75, 3.05) is 13.1 Å². The van der Waals surface area contributed by atoms with Gasteiger partial charge in [-0.2, -0.15) is 4.31 Å². The first kappa shape index (κ1) is 18.1. The number of aryl methyl sites for hydroxylation is 1. The predicted molar refractivity (Wildman–Crippen MR) is 90.2 cm³/mol. The van der Waals surface area contributed by atoms with Gasteiger partial charge in [-0.15, -0.1) is 24.5 Å². The molecule has 0 aliphatic rings. The SMILES string of the molecule is C=CCN(CC=C)S(=O)(=O)c1c(C)csc1CNC(C)C. The zero-order chi connectivity index (χ0) is 16.0. The maximum Gasteiger partial charge on any atom is 0.245 e. The summed E-state index contributed by atoms with van der Waals surface area (Å²) in [5, 5.41) is 5.17. The van der Waals surface area contributed by atoms with Gasteiger partial charge in [-0.05, 0) is 17.9 Å². The molecule has 1 aromatic heterocycles. The highest BCUT2D eigenvalue weighted by Crippen LogP contribution is 2.29. The molecule has 0 atom stereocenters. The second-order valence-electron chi connectivity index (χ2n) is 5.11. The first-order valence-electron chi connectivity index (χ1n) is 6.86. The van der Waals surface area contributed by atoms with Crippen molar-refractivity contribution >= 4 is 21.4 Å². The largest absolute Gasteiger partial charge is 0.310 e. The Hall–Kier alpha value is -0.950. The van der Waals surface area contributed by atoms with Gasteiger partial charge in [0.15, 0.2) is 0 Å². The Morgan fingerprint density at radius 1 is 1.33 bits per heavy atom. The summed E-state index contributed by atoms with van der Waals surface area (Å²) in [6.45, 7) is 14.3. The molecule has 0 bridgehead atoms. The maximum atomic E-state index is 12.9. The molecule has 0 aromatic carbocycles. The van der Waals surface area contributed by atoms with E-state index in [4.69, 9.17) is 0 Å². The average Bonchev–Trinajstić information content (AvgIpc) is 2.78. The van der Waals surface area contributed by atoms with Crippen LogP contribution in [0.15, 0.2) is 35.6 Å². The molecule has 0 spiro atoms. The van der Waals surface area contributed by atoms with Crippen LogP contribution in [0.4, 0.5) is 0 Å². The average molecular weight is 329 g/mol. The van der Waals surface area contributed by atoms with Crippen LogP contribution in [0.1, 0.15) is 24.3 Å². The summed E-state index contributed by atoms with van der Waals surface area (Å²) >= 11 is 1.48. The Morgan fingerprint density at radius 3 is 2.38 bits per heavy atom. The van der Waals surface area contributed by atoms with Crippen molar-refractivity contribution in [3.05, 3.63) is 41.1 Å². The molecule has 1 heterocycles. The normalized spacial score (nSPS) is 12.0. The van der Waals surface area contributed by atoms with E-state index in [-0.39, 0.29) is 13.1 Å². The Morgan fingerprint density at radius 2 is 1.90 bits per heavy atom. The molecule has 21 heavy (non-hydrogen) atoms. The fourth-order valence-electron chi connectivity index (χ4n) is 1.94. The number of nitrogens with one attached hydrogen (secondary N) is 1.